The van der Waals surface area contributed by atoms with Gasteiger partial charge in [-0.1, -0.05) is 5.59 Å². The molecule has 6 nitrogen and oxygen atoms in total. The third-order valence-corrected chi connectivity index (χ3v) is 2.94. The first-order valence-electron chi connectivity index (χ1n) is 5.04. The van der Waals surface area contributed by atoms with E-state index < -0.39 is 6.09 Å². The zero-order valence-electron chi connectivity index (χ0n) is 8.59. The van der Waals surface area contributed by atoms with Crippen LogP contribution in [-0.4, -0.2) is 39.7 Å². The van der Waals surface area contributed by atoms with Crippen molar-refractivity contribution in [3.05, 3.63) is 12.5 Å². The number of nitrogens with zero attached hydrogens (tertiary/aromatic N) is 2. The molecule has 0 radical (unpaired) electrons. The molecule has 1 amide bonds. The van der Waals surface area contributed by atoms with Crippen LogP contribution in [0.1, 0.15) is 19.8 Å². The first-order valence-corrected chi connectivity index (χ1v) is 5.04. The highest BCUT2D eigenvalue weighted by Crippen LogP contribution is 2.22. The van der Waals surface area contributed by atoms with Crippen LogP contribution in [-0.2, 0) is 4.84 Å². The Balaban J connectivity index is 1.93. The molecule has 2 aliphatic rings. The molecule has 1 fully saturated rings. The Morgan fingerprint density at radius 3 is 3.00 bits per heavy atom. The number of piperidine rings is 1. The van der Waals surface area contributed by atoms with Crippen molar-refractivity contribution < 1.29 is 14.7 Å². The van der Waals surface area contributed by atoms with Crippen LogP contribution in [0.2, 0.25) is 0 Å². The molecule has 0 bridgehead atoms. The number of hydrogen-bond acceptors (Lipinski definition) is 4. The number of carbonyl (C=O) groups is 1. The number of nitrogens with one attached hydrogen (secondary N) is 1. The molecule has 2 atom stereocenters. The van der Waals surface area contributed by atoms with Crippen LogP contribution >= 0.6 is 0 Å². The van der Waals surface area contributed by atoms with E-state index in [1.165, 1.54) is 4.90 Å². The molecule has 2 rings (SSSR count). The number of carboxylic acid groups (broad SMARTS) is 1. The minimum atomic E-state index is -0.831. The van der Waals surface area contributed by atoms with E-state index in [-0.39, 0.29) is 6.04 Å². The number of amides is 1. The van der Waals surface area contributed by atoms with Gasteiger partial charge in [-0.25, -0.2) is 4.79 Å². The number of hydrogen-bond donors (Lipinski definition) is 2. The predicted octanol–water partition coefficient (Wildman–Crippen LogP) is 0.740. The Morgan fingerprint density at radius 1 is 1.67 bits per heavy atom. The lowest BCUT2D eigenvalue weighted by atomic mass is 9.98. The Kier molecular flexibility index (Phi) is 2.68. The molecule has 0 aromatic heterocycles. The standard InChI is InChI=1S/C9H15N3O3/c1-7-6-8(12-4-5-15-10-12)2-3-11(7)9(13)14/h4-5,7-8,10H,2-3,6H2,1H3,(H,13,14). The van der Waals surface area contributed by atoms with Crippen molar-refractivity contribution in [3.63, 3.8) is 0 Å². The van der Waals surface area contributed by atoms with Gasteiger partial charge in [-0.2, -0.15) is 0 Å². The molecule has 0 saturated carbocycles. The first kappa shape index (κ1) is 10.1. The van der Waals surface area contributed by atoms with Crippen molar-refractivity contribution in [2.75, 3.05) is 6.54 Å². The van der Waals surface area contributed by atoms with E-state index in [0.717, 1.165) is 12.8 Å². The van der Waals surface area contributed by atoms with Gasteiger partial charge in [0, 0.05) is 12.6 Å². The molecule has 1 saturated heterocycles. The fourth-order valence-electron chi connectivity index (χ4n) is 2.10. The summed E-state index contributed by atoms with van der Waals surface area (Å²) in [6, 6.07) is 0.353. The minimum absolute atomic E-state index is 0.0528. The highest BCUT2D eigenvalue weighted by atomic mass is 16.7. The van der Waals surface area contributed by atoms with Crippen molar-refractivity contribution in [2.45, 2.75) is 31.8 Å². The van der Waals surface area contributed by atoms with Crippen molar-refractivity contribution in [1.82, 2.24) is 15.5 Å². The van der Waals surface area contributed by atoms with Crippen molar-refractivity contribution in [2.24, 2.45) is 0 Å². The van der Waals surface area contributed by atoms with E-state index in [1.54, 1.807) is 6.26 Å². The van der Waals surface area contributed by atoms with E-state index in [0.29, 0.717) is 12.6 Å². The zero-order chi connectivity index (χ0) is 10.8. The Hall–Kier alpha value is -1.43. The molecule has 0 spiro atoms. The normalized spacial score (nSPS) is 30.5. The van der Waals surface area contributed by atoms with Gasteiger partial charge in [0.2, 0.25) is 0 Å². The van der Waals surface area contributed by atoms with Gasteiger partial charge in [0.1, 0.15) is 6.26 Å². The second-order valence-corrected chi connectivity index (χ2v) is 3.90. The molecule has 84 valence electrons. The Bertz CT molecular complexity index is 282. The maximum absolute atomic E-state index is 10.9. The summed E-state index contributed by atoms with van der Waals surface area (Å²) < 4.78 is 0. The van der Waals surface area contributed by atoms with Gasteiger partial charge in [-0.15, -0.1) is 0 Å². The van der Waals surface area contributed by atoms with Crippen molar-refractivity contribution in [1.29, 1.82) is 0 Å². The highest BCUT2D eigenvalue weighted by molar-refractivity contribution is 5.65. The zero-order valence-corrected chi connectivity index (χ0v) is 8.59. The monoisotopic (exact) mass is 213 g/mol. The minimum Gasteiger partial charge on any atom is -0.465 e. The Morgan fingerprint density at radius 2 is 2.47 bits per heavy atom. The average molecular weight is 213 g/mol. The number of rotatable bonds is 1. The first-order chi connectivity index (χ1) is 7.18. The summed E-state index contributed by atoms with van der Waals surface area (Å²) in [4.78, 5) is 17.2. The van der Waals surface area contributed by atoms with Gasteiger partial charge in [0.05, 0.1) is 12.2 Å². The number of hydrazine groups is 1. The van der Waals surface area contributed by atoms with Crippen LogP contribution in [0.25, 0.3) is 0 Å². The van der Waals surface area contributed by atoms with Gasteiger partial charge in [-0.3, -0.25) is 5.01 Å². The molecule has 0 aromatic rings. The molecule has 2 aliphatic heterocycles. The third kappa shape index (κ3) is 1.99. The van der Waals surface area contributed by atoms with Gasteiger partial charge >= 0.3 is 6.09 Å². The molecule has 15 heavy (non-hydrogen) atoms. The molecule has 2 heterocycles. The maximum Gasteiger partial charge on any atom is 0.407 e. The third-order valence-electron chi connectivity index (χ3n) is 2.94. The molecular formula is C9H15N3O3. The summed E-state index contributed by atoms with van der Waals surface area (Å²) in [6.07, 6.45) is 4.20. The largest absolute Gasteiger partial charge is 0.465 e. The summed E-state index contributed by atoms with van der Waals surface area (Å²) >= 11 is 0. The topological polar surface area (TPSA) is 65.0 Å². The smallest absolute Gasteiger partial charge is 0.407 e. The lowest BCUT2D eigenvalue weighted by Crippen LogP contribution is -2.51. The summed E-state index contributed by atoms with van der Waals surface area (Å²) in [5.41, 5.74) is 2.75. The molecule has 2 unspecified atom stereocenters. The van der Waals surface area contributed by atoms with Crippen molar-refractivity contribution in [3.8, 4) is 0 Å². The fraction of sp³-hybridized carbons (Fsp3) is 0.667. The number of likely N-dealkylation sites (tertiary alicyclic amines) is 1. The van der Waals surface area contributed by atoms with Gasteiger partial charge < -0.3 is 14.8 Å². The molecule has 2 N–H and O–H groups in total. The predicted molar refractivity (Wildman–Crippen MR) is 52.4 cm³/mol. The highest BCUT2D eigenvalue weighted by Gasteiger charge is 2.31. The quantitative estimate of drug-likeness (QED) is 0.672. The van der Waals surface area contributed by atoms with E-state index in [1.807, 2.05) is 18.1 Å². The van der Waals surface area contributed by atoms with Gasteiger partial charge in [0.15, 0.2) is 0 Å². The molecule has 0 aromatic carbocycles. The van der Waals surface area contributed by atoms with Crippen LogP contribution in [0.3, 0.4) is 0 Å². The average Bonchev–Trinajstić information content (AvgIpc) is 2.69. The van der Waals surface area contributed by atoms with E-state index in [9.17, 15) is 4.79 Å². The van der Waals surface area contributed by atoms with Crippen LogP contribution in [0.15, 0.2) is 12.5 Å². The molecule has 6 heteroatoms. The van der Waals surface area contributed by atoms with Crippen LogP contribution in [0, 0.1) is 0 Å². The SMILES string of the molecule is CC1CC(N2C=CON2)CCN1C(=O)O. The summed E-state index contributed by atoms with van der Waals surface area (Å²) in [5.74, 6) is 0. The second-order valence-electron chi connectivity index (χ2n) is 3.90. The molecular weight excluding hydrogens is 198 g/mol. The summed E-state index contributed by atoms with van der Waals surface area (Å²) in [6.45, 7) is 2.51. The van der Waals surface area contributed by atoms with Gasteiger partial charge in [-0.05, 0) is 19.8 Å². The van der Waals surface area contributed by atoms with Gasteiger partial charge in [0.25, 0.3) is 0 Å². The Labute approximate surface area is 88.0 Å². The lowest BCUT2D eigenvalue weighted by Gasteiger charge is -2.38. The van der Waals surface area contributed by atoms with E-state index in [2.05, 4.69) is 5.59 Å². The van der Waals surface area contributed by atoms with Crippen LogP contribution in [0.5, 0.6) is 0 Å². The summed E-state index contributed by atoms with van der Waals surface area (Å²) in [7, 11) is 0. The fourth-order valence-corrected chi connectivity index (χ4v) is 2.10. The molecule has 0 aliphatic carbocycles. The van der Waals surface area contributed by atoms with Crippen LogP contribution < -0.4 is 5.59 Å². The second kappa shape index (κ2) is 3.98. The van der Waals surface area contributed by atoms with E-state index in [4.69, 9.17) is 9.94 Å². The van der Waals surface area contributed by atoms with E-state index >= 15 is 0 Å². The lowest BCUT2D eigenvalue weighted by molar-refractivity contribution is -0.0139. The van der Waals surface area contributed by atoms with Crippen molar-refractivity contribution >= 4 is 6.09 Å². The maximum atomic E-state index is 10.9. The summed E-state index contributed by atoms with van der Waals surface area (Å²) in [5, 5.41) is 10.8. The van der Waals surface area contributed by atoms with Crippen LogP contribution in [0.4, 0.5) is 4.79 Å².